The Bertz CT molecular complexity index is 1100. The average Bonchev–Trinajstić information content (AvgIpc) is 3.03. The number of nitrogens with one attached hydrogen (secondary N) is 1. The van der Waals surface area contributed by atoms with E-state index in [1.165, 1.54) is 29.8 Å². The lowest BCUT2D eigenvalue weighted by atomic mass is 9.95. The number of aromatic nitrogens is 4. The molecule has 30 heavy (non-hydrogen) atoms. The largest absolute Gasteiger partial charge is 0.325 e. The van der Waals surface area contributed by atoms with Gasteiger partial charge in [0.05, 0.1) is 20.9 Å². The molecule has 2 atom stereocenters. The minimum Gasteiger partial charge on any atom is -0.325 e. The molecule has 0 spiro atoms. The van der Waals surface area contributed by atoms with E-state index in [9.17, 15) is 0 Å². The van der Waals surface area contributed by atoms with Crippen LogP contribution in [-0.2, 0) is 12.5 Å². The van der Waals surface area contributed by atoms with E-state index in [4.69, 9.17) is 16.1 Å². The molecule has 0 radical (unpaired) electrons. The highest BCUT2D eigenvalue weighted by Crippen LogP contribution is 2.59. The van der Waals surface area contributed by atoms with Gasteiger partial charge in [0, 0.05) is 37.8 Å². The number of likely N-dealkylation sites (tertiary alicyclic amines) is 1. The number of hydrogen-bond donors (Lipinski definition) is 2. The van der Waals surface area contributed by atoms with Gasteiger partial charge in [-0.1, -0.05) is 17.8 Å². The second-order valence-electron chi connectivity index (χ2n) is 8.46. The molecule has 1 aliphatic heterocycles. The highest BCUT2D eigenvalue weighted by Gasteiger charge is 2.60. The molecule has 1 aromatic carbocycles. The van der Waals surface area contributed by atoms with Gasteiger partial charge in [-0.3, -0.25) is 0 Å². The van der Waals surface area contributed by atoms with E-state index in [2.05, 4.69) is 40.2 Å². The summed E-state index contributed by atoms with van der Waals surface area (Å²) in [4.78, 5) is 7.32. The zero-order valence-corrected chi connectivity index (χ0v) is 19.0. The number of rotatable bonds is 8. The quantitative estimate of drug-likeness (QED) is 0.317. The molecule has 0 bridgehead atoms. The number of piperidine rings is 1. The highest BCUT2D eigenvalue weighted by atomic mass is 32.2. The first kappa shape index (κ1) is 20.1. The minimum absolute atomic E-state index is 0.184. The SMILES string of the molecule is Cc1nc2cc(C34C[C@@H]3CN(CCCSc3nnc(C(=N)CN)n3C)C4)ccc2s1. The lowest BCUT2D eigenvalue weighted by molar-refractivity contribution is 0.299. The molecule has 7 nitrogen and oxygen atoms in total. The second kappa shape index (κ2) is 7.71. The number of hydrogen-bond acceptors (Lipinski definition) is 8. The lowest BCUT2D eigenvalue weighted by Gasteiger charge is -2.21. The summed E-state index contributed by atoms with van der Waals surface area (Å²) in [6.45, 7) is 5.76. The standard InChI is InChI=1S/C21H27N7S2/c1-13-24-17-8-14(4-5-18(17)30-13)21-9-15(21)11-28(12-21)6-3-7-29-20-26-25-19(27(20)2)16(23)10-22/h4-5,8,15,23H,3,6-7,9-12,22H2,1-2H3/t15-,21?/m1/s1. The Kier molecular flexibility index (Phi) is 5.17. The normalized spacial score (nSPS) is 23.2. The van der Waals surface area contributed by atoms with Crippen molar-refractivity contribution in [2.24, 2.45) is 18.7 Å². The molecule has 9 heteroatoms. The van der Waals surface area contributed by atoms with Gasteiger partial charge in [-0.15, -0.1) is 21.5 Å². The summed E-state index contributed by atoms with van der Waals surface area (Å²) in [5.74, 6) is 2.36. The number of aryl methyl sites for hydroxylation is 1. The van der Waals surface area contributed by atoms with Crippen LogP contribution in [0.1, 0.15) is 29.2 Å². The molecule has 1 unspecified atom stereocenters. The molecule has 2 fully saturated rings. The summed E-state index contributed by atoms with van der Waals surface area (Å²) >= 11 is 3.49. The number of nitrogens with zero attached hydrogens (tertiary/aromatic N) is 5. The van der Waals surface area contributed by atoms with Crippen molar-refractivity contribution in [3.8, 4) is 0 Å². The first-order chi connectivity index (χ1) is 14.5. The minimum atomic E-state index is 0.184. The van der Waals surface area contributed by atoms with E-state index in [0.717, 1.165) is 40.3 Å². The maximum Gasteiger partial charge on any atom is 0.191 e. The fourth-order valence-corrected chi connectivity index (χ4v) is 6.44. The predicted molar refractivity (Wildman–Crippen MR) is 123 cm³/mol. The summed E-state index contributed by atoms with van der Waals surface area (Å²) in [5, 5.41) is 18.2. The first-order valence-electron chi connectivity index (χ1n) is 10.4. The summed E-state index contributed by atoms with van der Waals surface area (Å²) in [6.07, 6.45) is 2.44. The number of benzene rings is 1. The molecule has 5 rings (SSSR count). The van der Waals surface area contributed by atoms with Crippen molar-refractivity contribution < 1.29 is 0 Å². The lowest BCUT2D eigenvalue weighted by Crippen LogP contribution is -2.27. The third kappa shape index (κ3) is 3.47. The molecule has 1 saturated carbocycles. The van der Waals surface area contributed by atoms with Crippen LogP contribution in [-0.4, -0.2) is 62.3 Å². The molecule has 0 amide bonds. The number of nitrogens with two attached hydrogens (primary N) is 1. The number of fused-ring (bicyclic) bond motifs is 2. The van der Waals surface area contributed by atoms with Crippen LogP contribution in [0, 0.1) is 18.3 Å². The van der Waals surface area contributed by atoms with Gasteiger partial charge in [0.1, 0.15) is 0 Å². The topological polar surface area (TPSA) is 96.7 Å². The Balaban J connectivity index is 1.15. The summed E-state index contributed by atoms with van der Waals surface area (Å²) in [7, 11) is 1.90. The Morgan fingerprint density at radius 2 is 2.27 bits per heavy atom. The Labute approximate surface area is 184 Å². The molecule has 2 aromatic heterocycles. The van der Waals surface area contributed by atoms with Crippen LogP contribution >= 0.6 is 23.1 Å². The number of thiazole rings is 1. The second-order valence-corrected chi connectivity index (χ2v) is 10.8. The molecule has 1 aliphatic carbocycles. The molecule has 2 aliphatic rings. The van der Waals surface area contributed by atoms with Crippen LogP contribution in [0.15, 0.2) is 23.4 Å². The van der Waals surface area contributed by atoms with Crippen LogP contribution in [0.3, 0.4) is 0 Å². The van der Waals surface area contributed by atoms with E-state index < -0.39 is 0 Å². The fraction of sp³-hybridized carbons (Fsp3) is 0.524. The van der Waals surface area contributed by atoms with E-state index in [-0.39, 0.29) is 6.54 Å². The molecule has 158 valence electrons. The van der Waals surface area contributed by atoms with Gasteiger partial charge in [0.25, 0.3) is 0 Å². The van der Waals surface area contributed by atoms with E-state index in [1.807, 2.05) is 11.6 Å². The Morgan fingerprint density at radius 1 is 1.40 bits per heavy atom. The zero-order valence-electron chi connectivity index (χ0n) is 17.4. The van der Waals surface area contributed by atoms with Gasteiger partial charge in [0.2, 0.25) is 0 Å². The van der Waals surface area contributed by atoms with Crippen molar-refractivity contribution in [1.29, 1.82) is 5.41 Å². The van der Waals surface area contributed by atoms with E-state index in [1.54, 1.807) is 23.1 Å². The van der Waals surface area contributed by atoms with Crippen molar-refractivity contribution in [2.75, 3.05) is 31.9 Å². The van der Waals surface area contributed by atoms with E-state index >= 15 is 0 Å². The maximum atomic E-state index is 7.85. The molecule has 1 saturated heterocycles. The third-order valence-corrected chi connectivity index (χ3v) is 8.50. The number of thioether (sulfide) groups is 1. The van der Waals surface area contributed by atoms with Gasteiger partial charge in [-0.25, -0.2) is 4.98 Å². The smallest absolute Gasteiger partial charge is 0.191 e. The fourth-order valence-electron chi connectivity index (χ4n) is 4.80. The predicted octanol–water partition coefficient (Wildman–Crippen LogP) is 2.82. The van der Waals surface area contributed by atoms with Gasteiger partial charge in [-0.2, -0.15) is 0 Å². The van der Waals surface area contributed by atoms with Gasteiger partial charge < -0.3 is 20.6 Å². The molecule has 3 aromatic rings. The molecule has 3 heterocycles. The van der Waals surface area contributed by atoms with Crippen LogP contribution in [0.25, 0.3) is 10.2 Å². The zero-order chi connectivity index (χ0) is 20.9. The van der Waals surface area contributed by atoms with Gasteiger partial charge in [-0.05, 0) is 49.9 Å². The summed E-state index contributed by atoms with van der Waals surface area (Å²) in [5.41, 5.74) is 8.88. The van der Waals surface area contributed by atoms with Gasteiger partial charge >= 0.3 is 0 Å². The molecular weight excluding hydrogens is 414 g/mol. The van der Waals surface area contributed by atoms with Gasteiger partial charge in [0.15, 0.2) is 11.0 Å². The van der Waals surface area contributed by atoms with Crippen LogP contribution in [0.5, 0.6) is 0 Å². The monoisotopic (exact) mass is 441 g/mol. The third-order valence-electron chi connectivity index (χ3n) is 6.44. The molecule has 3 N–H and O–H groups in total. The summed E-state index contributed by atoms with van der Waals surface area (Å²) in [6, 6.07) is 6.94. The van der Waals surface area contributed by atoms with Crippen molar-refractivity contribution >= 4 is 39.0 Å². The molecular formula is C21H27N7S2. The van der Waals surface area contributed by atoms with E-state index in [0.29, 0.717) is 17.0 Å². The van der Waals surface area contributed by atoms with Crippen molar-refractivity contribution in [3.05, 3.63) is 34.6 Å². The Morgan fingerprint density at radius 3 is 3.10 bits per heavy atom. The van der Waals surface area contributed by atoms with Crippen molar-refractivity contribution in [3.63, 3.8) is 0 Å². The maximum absolute atomic E-state index is 7.85. The Hall–Kier alpha value is -1.81. The average molecular weight is 442 g/mol. The summed E-state index contributed by atoms with van der Waals surface area (Å²) < 4.78 is 3.17. The first-order valence-corrected chi connectivity index (χ1v) is 12.2. The van der Waals surface area contributed by atoms with Crippen LogP contribution in [0.4, 0.5) is 0 Å². The van der Waals surface area contributed by atoms with Crippen molar-refractivity contribution in [2.45, 2.75) is 30.3 Å². The van der Waals surface area contributed by atoms with Crippen molar-refractivity contribution in [1.82, 2.24) is 24.6 Å². The van der Waals surface area contributed by atoms with Crippen LogP contribution < -0.4 is 5.73 Å². The highest BCUT2D eigenvalue weighted by molar-refractivity contribution is 7.99. The van der Waals surface area contributed by atoms with Crippen LogP contribution in [0.2, 0.25) is 0 Å².